The van der Waals surface area contributed by atoms with Crippen molar-refractivity contribution in [3.63, 3.8) is 0 Å². The Labute approximate surface area is 179 Å². The van der Waals surface area contributed by atoms with E-state index in [1.54, 1.807) is 4.90 Å². The van der Waals surface area contributed by atoms with Crippen molar-refractivity contribution >= 4 is 29.3 Å². The molecule has 0 unspecified atom stereocenters. The Morgan fingerprint density at radius 2 is 1.67 bits per heavy atom. The maximum Gasteiger partial charge on any atom is 0.269 e. The van der Waals surface area contributed by atoms with Gasteiger partial charge < -0.3 is 9.80 Å². The minimum absolute atomic E-state index is 0.0307. The number of benzene rings is 2. The molecule has 2 aliphatic rings. The van der Waals surface area contributed by atoms with E-state index in [0.29, 0.717) is 38.0 Å². The van der Waals surface area contributed by atoms with E-state index in [1.165, 1.54) is 24.3 Å². The lowest BCUT2D eigenvalue weighted by Gasteiger charge is -2.44. The van der Waals surface area contributed by atoms with Gasteiger partial charge in [0.1, 0.15) is 0 Å². The maximum atomic E-state index is 13.2. The van der Waals surface area contributed by atoms with E-state index >= 15 is 0 Å². The molecule has 156 valence electrons. The number of hydrogen-bond donors (Lipinski definition) is 0. The molecular weight excluding hydrogens is 402 g/mol. The van der Waals surface area contributed by atoms with Crippen molar-refractivity contribution in [2.24, 2.45) is 0 Å². The van der Waals surface area contributed by atoms with Gasteiger partial charge in [0.2, 0.25) is 0 Å². The van der Waals surface area contributed by atoms with Crippen molar-refractivity contribution in [1.29, 1.82) is 0 Å². The zero-order valence-corrected chi connectivity index (χ0v) is 17.6. The van der Waals surface area contributed by atoms with E-state index in [4.69, 9.17) is 0 Å². The lowest BCUT2D eigenvalue weighted by atomic mass is 9.99. The summed E-state index contributed by atoms with van der Waals surface area (Å²) in [7, 11) is 0. The molecule has 0 saturated carbocycles. The molecule has 0 aliphatic carbocycles. The van der Waals surface area contributed by atoms with Crippen molar-refractivity contribution in [1.82, 2.24) is 9.80 Å². The molecule has 2 aliphatic heterocycles. The highest BCUT2D eigenvalue weighted by Gasteiger charge is 2.47. The zero-order valence-electron chi connectivity index (χ0n) is 16.7. The van der Waals surface area contributed by atoms with Gasteiger partial charge in [0.25, 0.3) is 17.5 Å². The fraction of sp³-hybridized carbons (Fsp3) is 0.364. The van der Waals surface area contributed by atoms with Crippen LogP contribution in [-0.4, -0.2) is 56.8 Å². The number of likely N-dealkylation sites (tertiary alicyclic amines) is 1. The summed E-state index contributed by atoms with van der Waals surface area (Å²) < 4.78 is 0. The number of rotatable bonds is 3. The molecule has 0 radical (unpaired) electrons. The van der Waals surface area contributed by atoms with Crippen LogP contribution in [0, 0.1) is 17.0 Å². The topological polar surface area (TPSA) is 83.8 Å². The number of nitrogens with zero attached hydrogens (tertiary/aromatic N) is 3. The third-order valence-electron chi connectivity index (χ3n) is 5.96. The van der Waals surface area contributed by atoms with E-state index in [1.807, 2.05) is 47.9 Å². The highest BCUT2D eigenvalue weighted by molar-refractivity contribution is 8.00. The molecule has 1 spiro atoms. The number of amides is 2. The van der Waals surface area contributed by atoms with Crippen LogP contribution in [0.25, 0.3) is 0 Å². The molecule has 0 atom stereocenters. The molecule has 2 aromatic rings. The molecule has 0 aromatic heterocycles. The molecule has 8 heteroatoms. The standard InChI is InChI=1S/C22H23N3O4S/c1-16-4-2-3-5-19(16)21(27)24-14-15-30-22(24)10-12-23(13-11-22)20(26)17-6-8-18(9-7-17)25(28)29/h2-9H,10-15H2,1H3. The van der Waals surface area contributed by atoms with Crippen LogP contribution in [0.15, 0.2) is 48.5 Å². The van der Waals surface area contributed by atoms with Gasteiger partial charge in [0.15, 0.2) is 0 Å². The minimum atomic E-state index is -0.476. The van der Waals surface area contributed by atoms with Crippen molar-refractivity contribution in [3.8, 4) is 0 Å². The van der Waals surface area contributed by atoms with Crippen molar-refractivity contribution in [2.45, 2.75) is 24.6 Å². The number of thioether (sulfide) groups is 1. The van der Waals surface area contributed by atoms with Crippen LogP contribution in [-0.2, 0) is 0 Å². The maximum absolute atomic E-state index is 13.2. The van der Waals surface area contributed by atoms with Crippen molar-refractivity contribution in [2.75, 3.05) is 25.4 Å². The van der Waals surface area contributed by atoms with Crippen LogP contribution < -0.4 is 0 Å². The van der Waals surface area contributed by atoms with Crippen LogP contribution in [0.3, 0.4) is 0 Å². The monoisotopic (exact) mass is 425 g/mol. The molecule has 2 heterocycles. The predicted octanol–water partition coefficient (Wildman–Crippen LogP) is 3.72. The second kappa shape index (κ2) is 8.10. The fourth-order valence-corrected chi connectivity index (χ4v) is 5.69. The van der Waals surface area contributed by atoms with Crippen LogP contribution in [0.1, 0.15) is 39.1 Å². The first kappa shape index (κ1) is 20.4. The summed E-state index contributed by atoms with van der Waals surface area (Å²) in [6.07, 6.45) is 1.43. The largest absolute Gasteiger partial charge is 0.338 e. The third-order valence-corrected chi connectivity index (χ3v) is 7.51. The zero-order chi connectivity index (χ0) is 21.3. The Balaban J connectivity index is 1.46. The first-order chi connectivity index (χ1) is 14.4. The Hall–Kier alpha value is -2.87. The highest BCUT2D eigenvalue weighted by Crippen LogP contribution is 2.44. The highest BCUT2D eigenvalue weighted by atomic mass is 32.2. The first-order valence-corrected chi connectivity index (χ1v) is 11.0. The lowest BCUT2D eigenvalue weighted by molar-refractivity contribution is -0.384. The molecule has 2 saturated heterocycles. The van der Waals surface area contributed by atoms with Crippen molar-refractivity contribution < 1.29 is 14.5 Å². The second-order valence-corrected chi connectivity index (χ2v) is 9.12. The molecule has 4 rings (SSSR count). The quantitative estimate of drug-likeness (QED) is 0.553. The summed E-state index contributed by atoms with van der Waals surface area (Å²) in [5.74, 6) is 0.834. The number of nitro groups is 1. The van der Waals surface area contributed by atoms with Gasteiger partial charge in [-0.05, 0) is 43.5 Å². The SMILES string of the molecule is Cc1ccccc1C(=O)N1CCSC12CCN(C(=O)c1ccc([N+](=O)[O-])cc1)CC2. The third kappa shape index (κ3) is 3.67. The van der Waals surface area contributed by atoms with E-state index in [-0.39, 0.29) is 22.4 Å². The first-order valence-electron chi connectivity index (χ1n) is 9.97. The summed E-state index contributed by atoms with van der Waals surface area (Å²) in [6.45, 7) is 3.78. The average Bonchev–Trinajstić information content (AvgIpc) is 3.16. The van der Waals surface area contributed by atoms with Crippen LogP contribution >= 0.6 is 11.8 Å². The fourth-order valence-electron chi connectivity index (χ4n) is 4.24. The molecule has 0 bridgehead atoms. The average molecular weight is 426 g/mol. The molecule has 7 nitrogen and oxygen atoms in total. The van der Waals surface area contributed by atoms with Crippen molar-refractivity contribution in [3.05, 3.63) is 75.3 Å². The van der Waals surface area contributed by atoms with Crippen LogP contribution in [0.5, 0.6) is 0 Å². The van der Waals surface area contributed by atoms with E-state index in [2.05, 4.69) is 0 Å². The van der Waals surface area contributed by atoms with E-state index < -0.39 is 4.92 Å². The molecular formula is C22H23N3O4S. The Morgan fingerprint density at radius 3 is 2.30 bits per heavy atom. The number of non-ortho nitro benzene ring substituents is 1. The molecule has 30 heavy (non-hydrogen) atoms. The predicted molar refractivity (Wildman–Crippen MR) is 116 cm³/mol. The molecule has 0 N–H and O–H groups in total. The molecule has 2 fully saturated rings. The molecule has 2 aromatic carbocycles. The summed E-state index contributed by atoms with van der Waals surface area (Å²) in [6, 6.07) is 13.4. The van der Waals surface area contributed by atoms with Gasteiger partial charge in [-0.25, -0.2) is 0 Å². The van der Waals surface area contributed by atoms with Gasteiger partial charge in [-0.3, -0.25) is 19.7 Å². The smallest absolute Gasteiger partial charge is 0.269 e. The second-order valence-electron chi connectivity index (χ2n) is 7.66. The Bertz CT molecular complexity index is 984. The van der Waals surface area contributed by atoms with Crippen LogP contribution in [0.2, 0.25) is 0 Å². The summed E-state index contributed by atoms with van der Waals surface area (Å²) in [5, 5.41) is 10.8. The van der Waals surface area contributed by atoms with Crippen LogP contribution in [0.4, 0.5) is 5.69 Å². The summed E-state index contributed by atoms with van der Waals surface area (Å²) in [5.41, 5.74) is 2.13. The lowest BCUT2D eigenvalue weighted by Crippen LogP contribution is -2.53. The minimum Gasteiger partial charge on any atom is -0.338 e. The van der Waals surface area contributed by atoms with E-state index in [0.717, 1.165) is 16.9 Å². The van der Waals surface area contributed by atoms with Gasteiger partial charge in [-0.2, -0.15) is 0 Å². The summed E-state index contributed by atoms with van der Waals surface area (Å²) >= 11 is 1.81. The number of piperidine rings is 1. The normalized spacial score (nSPS) is 17.9. The number of aryl methyl sites for hydroxylation is 1. The number of carbonyl (C=O) groups excluding carboxylic acids is 2. The number of hydrogen-bond acceptors (Lipinski definition) is 5. The molecule has 2 amide bonds. The number of nitro benzene ring substituents is 1. The van der Waals surface area contributed by atoms with Gasteiger partial charge in [-0.15, -0.1) is 11.8 Å². The van der Waals surface area contributed by atoms with Gasteiger partial charge >= 0.3 is 0 Å². The number of carbonyl (C=O) groups is 2. The Morgan fingerprint density at radius 1 is 1.00 bits per heavy atom. The van der Waals surface area contributed by atoms with Gasteiger partial charge in [0.05, 0.1) is 9.79 Å². The van der Waals surface area contributed by atoms with Gasteiger partial charge in [-0.1, -0.05) is 18.2 Å². The Kier molecular flexibility index (Phi) is 5.51. The summed E-state index contributed by atoms with van der Waals surface area (Å²) in [4.78, 5) is 39.9. The van der Waals surface area contributed by atoms with Gasteiger partial charge in [0, 0.05) is 48.6 Å². The van der Waals surface area contributed by atoms with E-state index in [9.17, 15) is 19.7 Å².